The van der Waals surface area contributed by atoms with Gasteiger partial charge in [0.1, 0.15) is 0 Å². The molecule has 2 nitrogen and oxygen atoms in total. The molecule has 0 N–H and O–H groups in total. The zero-order chi connectivity index (χ0) is 5.21. The van der Waals surface area contributed by atoms with Crippen LogP contribution in [0, 0.1) is 0 Å². The molecule has 0 atom stereocenters. The Labute approximate surface area is 37.2 Å². The predicted molar refractivity (Wildman–Crippen MR) is 25.7 cm³/mol. The highest BCUT2D eigenvalue weighted by Gasteiger charge is 1.79. The molecular weight excluding hydrogens is 100 g/mol. The highest BCUT2D eigenvalue weighted by Crippen LogP contribution is 1.64. The van der Waals surface area contributed by atoms with Crippen molar-refractivity contribution < 1.29 is 9.00 Å². The first-order valence-electron chi connectivity index (χ1n) is 1.39. The van der Waals surface area contributed by atoms with Crippen molar-refractivity contribution in [3.8, 4) is 0 Å². The first kappa shape index (κ1) is 5.73. The summed E-state index contributed by atoms with van der Waals surface area (Å²) in [6.45, 7) is 0. The van der Waals surface area contributed by atoms with Gasteiger partial charge in [-0.25, -0.2) is 4.79 Å². The molecule has 0 aliphatic heterocycles. The van der Waals surface area contributed by atoms with Crippen LogP contribution in [-0.2, 0) is 14.3 Å². The smallest absolute Gasteiger partial charge is 0.185 e. The van der Waals surface area contributed by atoms with Gasteiger partial charge < -0.3 is 0 Å². The lowest BCUT2D eigenvalue weighted by molar-refractivity contribution is 0.570. The van der Waals surface area contributed by atoms with Crippen molar-refractivity contribution in [2.45, 2.75) is 0 Å². The van der Waals surface area contributed by atoms with Crippen LogP contribution in [-0.4, -0.2) is 22.0 Å². The Bertz CT molecular complexity index is 150. The topological polar surface area (TPSA) is 34.1 Å². The van der Waals surface area contributed by atoms with Crippen molar-refractivity contribution in [2.24, 2.45) is 0 Å². The second kappa shape index (κ2) is 1.45. The summed E-state index contributed by atoms with van der Waals surface area (Å²) < 4.78 is 10.1. The maximum atomic E-state index is 10.1. The Kier molecular flexibility index (Phi) is 1.39. The molecule has 0 amide bonds. The number of hydrogen-bond donors (Lipinski definition) is 0. The fraction of sp³-hybridized carbons (Fsp3) is 0.667. The number of carbonyl (C=O) groups excluding carboxylic acids is 1. The van der Waals surface area contributed by atoms with E-state index in [1.807, 2.05) is 0 Å². The minimum Gasteiger partial charge on any atom is -0.257 e. The largest absolute Gasteiger partial charge is 0.257 e. The van der Waals surface area contributed by atoms with E-state index >= 15 is 0 Å². The van der Waals surface area contributed by atoms with Crippen LogP contribution in [0.4, 0.5) is 0 Å². The summed E-state index contributed by atoms with van der Waals surface area (Å²) in [6.07, 6.45) is 2.69. The fourth-order valence-electron chi connectivity index (χ4n) is 0. The Hall–Kier alpha value is -0.270. The van der Waals surface area contributed by atoms with Gasteiger partial charge in [0, 0.05) is 22.0 Å². The first-order chi connectivity index (χ1) is 2.56. The lowest BCUT2D eigenvalue weighted by Gasteiger charge is -1.74. The van der Waals surface area contributed by atoms with Crippen molar-refractivity contribution in [3.05, 3.63) is 0 Å². The zero-order valence-electron chi connectivity index (χ0n) is 3.72. The minimum atomic E-state index is -2.22. The van der Waals surface area contributed by atoms with Crippen LogP contribution in [0.5, 0.6) is 0 Å². The van der Waals surface area contributed by atoms with Crippen LogP contribution < -0.4 is 0 Å². The summed E-state index contributed by atoms with van der Waals surface area (Å²) in [7, 11) is -2.22. The minimum absolute atomic E-state index is 1.35. The third-order valence-corrected chi connectivity index (χ3v) is 0.602. The Morgan fingerprint density at radius 3 is 1.67 bits per heavy atom. The zero-order valence-corrected chi connectivity index (χ0v) is 4.54. The summed E-state index contributed by atoms with van der Waals surface area (Å²) in [6, 6.07) is 0. The number of hydrogen-bond acceptors (Lipinski definition) is 2. The van der Waals surface area contributed by atoms with E-state index in [1.54, 1.807) is 0 Å². The van der Waals surface area contributed by atoms with Gasteiger partial charge in [-0.05, 0) is 0 Å². The van der Waals surface area contributed by atoms with Gasteiger partial charge in [-0.1, -0.05) is 0 Å². The van der Waals surface area contributed by atoms with Crippen LogP contribution in [0.15, 0.2) is 0 Å². The maximum Gasteiger partial charge on any atom is 0.185 e. The van der Waals surface area contributed by atoms with Gasteiger partial charge in [0.2, 0.25) is 0 Å². The van der Waals surface area contributed by atoms with E-state index in [4.69, 9.17) is 0 Å². The van der Waals surface area contributed by atoms with E-state index in [9.17, 15) is 9.00 Å². The average Bonchev–Trinajstić information content (AvgIpc) is 1.35. The Morgan fingerprint density at radius 2 is 1.67 bits per heavy atom. The van der Waals surface area contributed by atoms with Gasteiger partial charge in [0.25, 0.3) is 0 Å². The van der Waals surface area contributed by atoms with Crippen LogP contribution in [0.25, 0.3) is 0 Å². The van der Waals surface area contributed by atoms with Crippen molar-refractivity contribution in [2.75, 3.05) is 12.5 Å². The third-order valence-electron chi connectivity index (χ3n) is 0.201. The molecule has 0 unspecified atom stereocenters. The van der Waals surface area contributed by atoms with Crippen LogP contribution >= 0.6 is 0 Å². The quantitative estimate of drug-likeness (QED) is 0.394. The molecule has 0 spiro atoms. The first-order valence-corrected chi connectivity index (χ1v) is 3.77. The van der Waals surface area contributed by atoms with Crippen molar-refractivity contribution in [1.29, 1.82) is 0 Å². The molecule has 0 fully saturated rings. The van der Waals surface area contributed by atoms with Crippen LogP contribution in [0.2, 0.25) is 0 Å². The normalized spacial score (nSPS) is 10.3. The molecule has 0 aromatic carbocycles. The van der Waals surface area contributed by atoms with Gasteiger partial charge in [-0.15, -0.1) is 0 Å². The van der Waals surface area contributed by atoms with Gasteiger partial charge >= 0.3 is 0 Å². The summed E-state index contributed by atoms with van der Waals surface area (Å²) in [4.78, 5) is 9.43. The SMILES string of the molecule is CS(C)(=O)=C=O. The molecule has 0 aromatic heterocycles. The van der Waals surface area contributed by atoms with E-state index in [1.165, 1.54) is 17.7 Å². The highest BCUT2D eigenvalue weighted by molar-refractivity contribution is 7.99. The van der Waals surface area contributed by atoms with Crippen LogP contribution in [0.3, 0.4) is 0 Å². The Balaban J connectivity index is 4.75. The lowest BCUT2D eigenvalue weighted by Crippen LogP contribution is -1.89. The van der Waals surface area contributed by atoms with Crippen molar-refractivity contribution in [3.63, 3.8) is 0 Å². The van der Waals surface area contributed by atoms with E-state index in [0.29, 0.717) is 0 Å². The molecule has 3 heteroatoms. The van der Waals surface area contributed by atoms with Gasteiger partial charge in [0.05, 0.1) is 0 Å². The molecule has 0 bridgehead atoms. The van der Waals surface area contributed by atoms with Gasteiger partial charge in [-0.2, -0.15) is 0 Å². The molecule has 0 aliphatic rings. The predicted octanol–water partition coefficient (Wildman–Crippen LogP) is -0.402. The number of rotatable bonds is 0. The molecule has 36 valence electrons. The molecular formula is C3H6O2S. The van der Waals surface area contributed by atoms with Gasteiger partial charge in [0.15, 0.2) is 5.23 Å². The fourth-order valence-corrected chi connectivity index (χ4v) is 0. The second-order valence-corrected chi connectivity index (χ2v) is 3.95. The summed E-state index contributed by atoms with van der Waals surface area (Å²) in [5.41, 5.74) is 0. The summed E-state index contributed by atoms with van der Waals surface area (Å²) in [5.74, 6) is 0. The standard InChI is InChI=1S/C3H6O2S/c1-6(2,5)3-4/h1-2H3. The molecule has 0 aliphatic carbocycles. The highest BCUT2D eigenvalue weighted by atomic mass is 32.2. The van der Waals surface area contributed by atoms with E-state index in [2.05, 4.69) is 0 Å². The van der Waals surface area contributed by atoms with Crippen LogP contribution in [0.1, 0.15) is 0 Å². The van der Waals surface area contributed by atoms with E-state index in [0.717, 1.165) is 0 Å². The van der Waals surface area contributed by atoms with Gasteiger partial charge in [-0.3, -0.25) is 4.21 Å². The van der Waals surface area contributed by atoms with Crippen molar-refractivity contribution >= 4 is 14.8 Å². The van der Waals surface area contributed by atoms with E-state index in [-0.39, 0.29) is 0 Å². The molecule has 0 rings (SSSR count). The summed E-state index contributed by atoms with van der Waals surface area (Å²) in [5, 5.41) is 1.38. The monoisotopic (exact) mass is 106 g/mol. The molecule has 0 radical (unpaired) electrons. The summed E-state index contributed by atoms with van der Waals surface area (Å²) >= 11 is 0. The molecule has 0 saturated heterocycles. The molecule has 6 heavy (non-hydrogen) atoms. The Morgan fingerprint density at radius 1 is 1.50 bits per heavy atom. The third kappa shape index (κ3) is 3.73. The molecule has 0 aromatic rings. The molecule has 0 heterocycles. The van der Waals surface area contributed by atoms with E-state index < -0.39 is 9.52 Å². The maximum absolute atomic E-state index is 10.1. The lowest BCUT2D eigenvalue weighted by atomic mass is 11.8. The average molecular weight is 106 g/mol. The van der Waals surface area contributed by atoms with Crippen molar-refractivity contribution in [1.82, 2.24) is 0 Å². The second-order valence-electron chi connectivity index (χ2n) is 1.32. The molecule has 0 saturated carbocycles.